The van der Waals surface area contributed by atoms with Gasteiger partial charge < -0.3 is 25.0 Å². The Bertz CT molecular complexity index is 2120. The smallest absolute Gasteiger partial charge is 0.256 e. The number of hydrogen-bond donors (Lipinski definition) is 2. The molecule has 0 unspecified atom stereocenters. The molecule has 0 bridgehead atoms. The molecule has 8 rings (SSSR count). The van der Waals surface area contributed by atoms with Gasteiger partial charge in [0.05, 0.1) is 13.7 Å². The van der Waals surface area contributed by atoms with Crippen molar-refractivity contribution < 1.29 is 19.1 Å². The van der Waals surface area contributed by atoms with Crippen LogP contribution < -0.4 is 20.1 Å². The summed E-state index contributed by atoms with van der Waals surface area (Å²) in [5.41, 5.74) is 3.40. The number of fused-ring (bicyclic) bond motifs is 1. The second-order valence-corrected chi connectivity index (χ2v) is 14.2. The number of nitrogens with one attached hydrogen (secondary N) is 2. The normalized spacial score (nSPS) is 17.1. The predicted octanol–water partition coefficient (Wildman–Crippen LogP) is 6.47. The predicted molar refractivity (Wildman–Crippen MR) is 204 cm³/mol. The minimum Gasteiger partial charge on any atom is -0.497 e. The third-order valence-electron chi connectivity index (χ3n) is 10.2. The summed E-state index contributed by atoms with van der Waals surface area (Å²) in [5, 5.41) is 12.3. The van der Waals surface area contributed by atoms with Crippen molar-refractivity contribution in [2.75, 3.05) is 44.4 Å². The maximum absolute atomic E-state index is 13.1. The van der Waals surface area contributed by atoms with Crippen LogP contribution in [0.2, 0.25) is 0 Å². The highest BCUT2D eigenvalue weighted by Crippen LogP contribution is 2.40. The van der Waals surface area contributed by atoms with E-state index >= 15 is 0 Å². The van der Waals surface area contributed by atoms with Crippen LogP contribution >= 0.6 is 0 Å². The van der Waals surface area contributed by atoms with Gasteiger partial charge in [0, 0.05) is 61.8 Å². The molecule has 12 nitrogen and oxygen atoms in total. The van der Waals surface area contributed by atoms with Gasteiger partial charge in [0.15, 0.2) is 11.5 Å². The van der Waals surface area contributed by atoms with E-state index in [9.17, 15) is 9.59 Å². The topological polar surface area (TPSA) is 127 Å². The number of likely N-dealkylation sites (tertiary alicyclic amines) is 1. The Balaban J connectivity index is 1.000. The van der Waals surface area contributed by atoms with Gasteiger partial charge >= 0.3 is 0 Å². The lowest BCUT2D eigenvalue weighted by Gasteiger charge is -2.16. The molecule has 2 aliphatic carbocycles. The Hall–Kier alpha value is -5.75. The number of pyridine rings is 2. The minimum absolute atomic E-state index is 0.000616. The molecule has 5 aromatic rings. The molecule has 272 valence electrons. The average Bonchev–Trinajstić information content (AvgIpc) is 4.12. The van der Waals surface area contributed by atoms with Crippen LogP contribution in [0.5, 0.6) is 17.2 Å². The summed E-state index contributed by atoms with van der Waals surface area (Å²) in [6.07, 6.45) is 12.8. The van der Waals surface area contributed by atoms with Gasteiger partial charge in [0.25, 0.3) is 5.91 Å². The molecule has 12 heteroatoms. The first-order chi connectivity index (χ1) is 25.9. The number of benzene rings is 2. The molecule has 3 aromatic heterocycles. The van der Waals surface area contributed by atoms with E-state index in [0.29, 0.717) is 65.9 Å². The van der Waals surface area contributed by atoms with Gasteiger partial charge in [-0.2, -0.15) is 5.10 Å². The van der Waals surface area contributed by atoms with E-state index in [4.69, 9.17) is 19.6 Å². The van der Waals surface area contributed by atoms with E-state index < -0.39 is 0 Å². The first kappa shape index (κ1) is 34.3. The van der Waals surface area contributed by atoms with Crippen molar-refractivity contribution in [1.29, 1.82) is 0 Å². The summed E-state index contributed by atoms with van der Waals surface area (Å²) in [5.74, 6) is 3.47. The monoisotopic (exact) mass is 712 g/mol. The van der Waals surface area contributed by atoms with Gasteiger partial charge in [0.2, 0.25) is 5.91 Å². The third kappa shape index (κ3) is 8.18. The fourth-order valence-electron chi connectivity index (χ4n) is 6.81. The van der Waals surface area contributed by atoms with E-state index in [0.717, 1.165) is 29.7 Å². The number of carbonyl (C=O) groups is 2. The van der Waals surface area contributed by atoms with Crippen LogP contribution in [-0.4, -0.2) is 87.2 Å². The number of nitrogens with zero attached hydrogens (tertiary/aromatic N) is 6. The number of rotatable bonds is 14. The maximum atomic E-state index is 13.1. The summed E-state index contributed by atoms with van der Waals surface area (Å²) in [6, 6.07) is 21.3. The van der Waals surface area contributed by atoms with Crippen molar-refractivity contribution >= 4 is 34.5 Å². The maximum Gasteiger partial charge on any atom is 0.256 e. The molecule has 2 amide bonds. The Morgan fingerprint density at radius 1 is 0.943 bits per heavy atom. The molecular weight excluding hydrogens is 669 g/mol. The number of hydrogen-bond acceptors (Lipinski definition) is 9. The average molecular weight is 713 g/mol. The number of carbonyl (C=O) groups excluding carboxylic acids is 2. The van der Waals surface area contributed by atoms with Gasteiger partial charge in [-0.25, -0.2) is 14.6 Å². The molecule has 4 heterocycles. The lowest BCUT2D eigenvalue weighted by molar-refractivity contribution is -0.125. The molecule has 53 heavy (non-hydrogen) atoms. The minimum atomic E-state index is -0.236. The van der Waals surface area contributed by atoms with Crippen molar-refractivity contribution in [3.8, 4) is 17.2 Å². The number of amides is 2. The molecule has 2 N–H and O–H groups in total. The van der Waals surface area contributed by atoms with Crippen molar-refractivity contribution in [2.24, 2.45) is 0 Å². The van der Waals surface area contributed by atoms with Gasteiger partial charge in [-0.05, 0) is 105 Å². The van der Waals surface area contributed by atoms with Crippen LogP contribution in [0, 0.1) is 0 Å². The zero-order valence-corrected chi connectivity index (χ0v) is 30.1. The molecule has 1 aliphatic heterocycles. The summed E-state index contributed by atoms with van der Waals surface area (Å²) in [6.45, 7) is 2.49. The Kier molecular flexibility index (Phi) is 9.77. The summed E-state index contributed by atoms with van der Waals surface area (Å²) < 4.78 is 13.7. The zero-order valence-electron chi connectivity index (χ0n) is 30.1. The molecule has 0 spiro atoms. The molecule has 1 atom stereocenters. The number of aromatic nitrogens is 4. The first-order valence-electron chi connectivity index (χ1n) is 18.4. The highest BCUT2D eigenvalue weighted by atomic mass is 16.5. The molecule has 3 fully saturated rings. The van der Waals surface area contributed by atoms with E-state index in [1.165, 1.54) is 31.2 Å². The van der Waals surface area contributed by atoms with E-state index in [1.54, 1.807) is 49.8 Å². The molecule has 1 saturated heterocycles. The first-order valence-corrected chi connectivity index (χ1v) is 18.4. The second-order valence-electron chi connectivity index (χ2n) is 14.2. The van der Waals surface area contributed by atoms with Gasteiger partial charge in [-0.15, -0.1) is 0 Å². The lowest BCUT2D eigenvalue weighted by Crippen LogP contribution is -2.30. The highest BCUT2D eigenvalue weighted by Gasteiger charge is 2.29. The second kappa shape index (κ2) is 15.1. The number of anilines is 2. The summed E-state index contributed by atoms with van der Waals surface area (Å²) in [4.78, 5) is 39.3. The van der Waals surface area contributed by atoms with Gasteiger partial charge in [0.1, 0.15) is 28.5 Å². The Morgan fingerprint density at radius 2 is 1.72 bits per heavy atom. The molecule has 2 saturated carbocycles. The lowest BCUT2D eigenvalue weighted by atomic mass is 10.1. The fraction of sp³-hybridized carbons (Fsp3) is 0.341. The van der Waals surface area contributed by atoms with Crippen molar-refractivity contribution in [2.45, 2.75) is 56.7 Å². The van der Waals surface area contributed by atoms with Crippen LogP contribution in [0.1, 0.15) is 59.5 Å². The zero-order chi connectivity index (χ0) is 36.3. The van der Waals surface area contributed by atoms with Crippen molar-refractivity contribution in [1.82, 2.24) is 29.5 Å². The summed E-state index contributed by atoms with van der Waals surface area (Å²) in [7, 11) is 3.75. The largest absolute Gasteiger partial charge is 0.497 e. The quantitative estimate of drug-likeness (QED) is 0.125. The third-order valence-corrected chi connectivity index (χ3v) is 10.2. The van der Waals surface area contributed by atoms with Crippen LogP contribution in [-0.2, 0) is 11.3 Å². The standard InChI is InChI=1S/C41H44N8O4/c1-47(32-11-12-32)22-3-4-37(50)48-23-19-31(26-48)44-39-38-35(18-21-43-40(38)49(46-39)25-27-5-13-33(52-2)14-6-27)53-34-15-9-29(10-16-34)41(51)45-36-24-30(17-20-42-36)28-7-8-28/h3-6,9-10,13-18,20-21,24,28,31-32H,7-8,11-12,19,22-23,25-26H2,1-2H3,(H,44,46)(H,42,45,51)/t31-/m1/s1. The van der Waals surface area contributed by atoms with E-state index in [1.807, 2.05) is 58.1 Å². The van der Waals surface area contributed by atoms with Crippen LogP contribution in [0.3, 0.4) is 0 Å². The van der Waals surface area contributed by atoms with Crippen LogP contribution in [0.25, 0.3) is 11.0 Å². The number of ether oxygens (including phenoxy) is 2. The van der Waals surface area contributed by atoms with Gasteiger partial charge in [-0.1, -0.05) is 18.2 Å². The van der Waals surface area contributed by atoms with Crippen molar-refractivity contribution in [3.05, 3.63) is 108 Å². The van der Waals surface area contributed by atoms with Gasteiger partial charge in [-0.3, -0.25) is 14.5 Å². The molecular formula is C41H44N8O4. The SMILES string of the molecule is COc1ccc(Cn2nc(N[C@@H]3CCN(C(=O)C=CCN(C)C4CC4)C3)c3c(Oc4ccc(C(=O)Nc5cc(C6CC6)ccn5)cc4)ccnc32)cc1. The van der Waals surface area contributed by atoms with E-state index in [-0.39, 0.29) is 17.9 Å². The molecule has 0 radical (unpaired) electrons. The van der Waals surface area contributed by atoms with Crippen LogP contribution in [0.4, 0.5) is 11.6 Å². The molecule has 2 aromatic carbocycles. The Morgan fingerprint density at radius 3 is 2.47 bits per heavy atom. The summed E-state index contributed by atoms with van der Waals surface area (Å²) >= 11 is 0. The number of likely N-dealkylation sites (N-methyl/N-ethyl adjacent to an activating group) is 1. The highest BCUT2D eigenvalue weighted by molar-refractivity contribution is 6.04. The number of methoxy groups -OCH3 is 1. The van der Waals surface area contributed by atoms with Crippen molar-refractivity contribution in [3.63, 3.8) is 0 Å². The van der Waals surface area contributed by atoms with E-state index in [2.05, 4.69) is 27.6 Å². The fourth-order valence-corrected chi connectivity index (χ4v) is 6.81. The molecule has 3 aliphatic rings. The Labute approximate surface area is 308 Å². The van der Waals surface area contributed by atoms with Crippen LogP contribution in [0.15, 0.2) is 91.3 Å².